The van der Waals surface area contributed by atoms with E-state index in [0.29, 0.717) is 28.0 Å². The lowest BCUT2D eigenvalue weighted by Gasteiger charge is -2.18. The van der Waals surface area contributed by atoms with Crippen molar-refractivity contribution in [2.24, 2.45) is 0 Å². The van der Waals surface area contributed by atoms with E-state index in [-0.39, 0.29) is 18.2 Å². The highest BCUT2D eigenvalue weighted by Crippen LogP contribution is 2.36. The van der Waals surface area contributed by atoms with Crippen molar-refractivity contribution in [3.8, 4) is 0 Å². The fourth-order valence-corrected chi connectivity index (χ4v) is 4.15. The van der Waals surface area contributed by atoms with Crippen LogP contribution in [-0.2, 0) is 11.2 Å². The van der Waals surface area contributed by atoms with Gasteiger partial charge in [0.1, 0.15) is 0 Å². The largest absolute Gasteiger partial charge is 0.361 e. The number of aromatic amines is 1. The summed E-state index contributed by atoms with van der Waals surface area (Å²) >= 11 is 18.6. The molecule has 0 fully saturated rings. The molecular formula is C24H20Cl3N3O. The molecule has 158 valence electrons. The third-order valence-corrected chi connectivity index (χ3v) is 6.19. The van der Waals surface area contributed by atoms with Crippen molar-refractivity contribution in [2.45, 2.75) is 18.8 Å². The summed E-state index contributed by atoms with van der Waals surface area (Å²) in [6.07, 6.45) is 4.61. The summed E-state index contributed by atoms with van der Waals surface area (Å²) in [6, 6.07) is 16.9. The van der Waals surface area contributed by atoms with E-state index in [9.17, 15) is 4.79 Å². The van der Waals surface area contributed by atoms with Crippen LogP contribution < -0.4 is 5.32 Å². The number of carbonyl (C=O) groups is 1. The number of rotatable bonds is 7. The molecule has 0 aliphatic rings. The summed E-state index contributed by atoms with van der Waals surface area (Å²) in [5.74, 6) is -0.264. The molecule has 0 saturated heterocycles. The number of carbonyl (C=O) groups excluding carboxylic acids is 1. The minimum atomic E-state index is -0.211. The molecule has 2 N–H and O–H groups in total. The molecule has 4 aromatic rings. The Hall–Kier alpha value is -2.53. The predicted octanol–water partition coefficient (Wildman–Crippen LogP) is 6.40. The van der Waals surface area contributed by atoms with Gasteiger partial charge in [-0.15, -0.1) is 0 Å². The lowest BCUT2D eigenvalue weighted by Crippen LogP contribution is -2.27. The third-order valence-electron chi connectivity index (χ3n) is 5.22. The number of halogens is 3. The van der Waals surface area contributed by atoms with Crippen LogP contribution in [0.4, 0.5) is 0 Å². The van der Waals surface area contributed by atoms with E-state index >= 15 is 0 Å². The third kappa shape index (κ3) is 5.21. The Balaban J connectivity index is 1.58. The quantitative estimate of drug-likeness (QED) is 0.327. The fraction of sp³-hybridized carbons (Fsp3) is 0.167. The Labute approximate surface area is 195 Å². The van der Waals surface area contributed by atoms with E-state index in [2.05, 4.69) is 15.3 Å². The number of H-pyrrole nitrogens is 1. The first-order valence-electron chi connectivity index (χ1n) is 9.89. The molecule has 7 heteroatoms. The summed E-state index contributed by atoms with van der Waals surface area (Å²) in [5.41, 5.74) is 3.79. The van der Waals surface area contributed by atoms with Crippen LogP contribution in [-0.4, -0.2) is 22.4 Å². The highest BCUT2D eigenvalue weighted by molar-refractivity contribution is 6.42. The molecule has 0 aliphatic carbocycles. The van der Waals surface area contributed by atoms with Gasteiger partial charge in [-0.25, -0.2) is 0 Å². The van der Waals surface area contributed by atoms with Gasteiger partial charge in [-0.3, -0.25) is 9.78 Å². The maximum Gasteiger partial charge on any atom is 0.220 e. The van der Waals surface area contributed by atoms with Crippen LogP contribution in [0.15, 0.2) is 67.0 Å². The number of hydrogen-bond acceptors (Lipinski definition) is 2. The average Bonchev–Trinajstić information content (AvgIpc) is 3.17. The van der Waals surface area contributed by atoms with Gasteiger partial charge >= 0.3 is 0 Å². The van der Waals surface area contributed by atoms with Crippen LogP contribution in [0.2, 0.25) is 15.1 Å². The molecule has 2 aromatic heterocycles. The summed E-state index contributed by atoms with van der Waals surface area (Å²) < 4.78 is 0. The Kier molecular flexibility index (Phi) is 6.81. The number of nitrogens with zero attached hydrogens (tertiary/aromatic N) is 1. The van der Waals surface area contributed by atoms with Gasteiger partial charge in [-0.05, 0) is 53.6 Å². The number of benzene rings is 2. The van der Waals surface area contributed by atoms with Crippen LogP contribution in [0.1, 0.15) is 29.2 Å². The standard InChI is InChI=1S/C24H20Cl3N3O/c25-16-5-7-23-19(12-16)20(14-30-23)18(15-4-6-21(26)22(27)11-15)13-24(31)29-10-8-17-3-1-2-9-28-17/h1-7,9,11-12,14,18,30H,8,10,13H2,(H,29,31)/t18-/m0/s1. The topological polar surface area (TPSA) is 57.8 Å². The number of fused-ring (bicyclic) bond motifs is 1. The fourth-order valence-electron chi connectivity index (χ4n) is 3.67. The van der Waals surface area contributed by atoms with E-state index in [1.807, 2.05) is 54.7 Å². The first-order valence-corrected chi connectivity index (χ1v) is 11.0. The first kappa shape index (κ1) is 21.7. The van der Waals surface area contributed by atoms with E-state index in [1.54, 1.807) is 12.3 Å². The monoisotopic (exact) mass is 471 g/mol. The van der Waals surface area contributed by atoms with Gasteiger partial charge < -0.3 is 10.3 Å². The number of amides is 1. The smallest absolute Gasteiger partial charge is 0.220 e. The average molecular weight is 473 g/mol. The molecule has 1 atom stereocenters. The molecule has 0 radical (unpaired) electrons. The van der Waals surface area contributed by atoms with Gasteiger partial charge in [0.05, 0.1) is 10.0 Å². The van der Waals surface area contributed by atoms with E-state index in [4.69, 9.17) is 34.8 Å². The Morgan fingerprint density at radius 2 is 1.90 bits per heavy atom. The van der Waals surface area contributed by atoms with Crippen molar-refractivity contribution in [2.75, 3.05) is 6.54 Å². The predicted molar refractivity (Wildman–Crippen MR) is 127 cm³/mol. The first-order chi connectivity index (χ1) is 15.0. The lowest BCUT2D eigenvalue weighted by molar-refractivity contribution is -0.121. The molecule has 4 rings (SSSR count). The Bertz CT molecular complexity index is 1210. The molecule has 0 aliphatic heterocycles. The highest BCUT2D eigenvalue weighted by Gasteiger charge is 2.22. The summed E-state index contributed by atoms with van der Waals surface area (Å²) in [7, 11) is 0. The zero-order chi connectivity index (χ0) is 21.8. The molecular weight excluding hydrogens is 453 g/mol. The van der Waals surface area contributed by atoms with Crippen molar-refractivity contribution in [3.05, 3.63) is 98.9 Å². The second-order valence-corrected chi connectivity index (χ2v) is 8.54. The SMILES string of the molecule is O=C(C[C@@H](c1ccc(Cl)c(Cl)c1)c1c[nH]c2ccc(Cl)cc12)NCCc1ccccn1. The van der Waals surface area contributed by atoms with Crippen molar-refractivity contribution in [1.29, 1.82) is 0 Å². The second kappa shape index (κ2) is 9.73. The van der Waals surface area contributed by atoms with Crippen LogP contribution in [0.5, 0.6) is 0 Å². The Morgan fingerprint density at radius 1 is 1.03 bits per heavy atom. The van der Waals surface area contributed by atoms with Gasteiger partial charge in [0, 0.05) is 59.3 Å². The number of hydrogen-bond donors (Lipinski definition) is 2. The maximum absolute atomic E-state index is 12.8. The molecule has 4 nitrogen and oxygen atoms in total. The normalized spacial score (nSPS) is 12.1. The van der Waals surface area contributed by atoms with Crippen molar-refractivity contribution in [3.63, 3.8) is 0 Å². The number of aromatic nitrogens is 2. The molecule has 2 heterocycles. The molecule has 2 aromatic carbocycles. The minimum Gasteiger partial charge on any atom is -0.361 e. The summed E-state index contributed by atoms with van der Waals surface area (Å²) in [5, 5.41) is 5.55. The van der Waals surface area contributed by atoms with Crippen LogP contribution in [0.25, 0.3) is 10.9 Å². The van der Waals surface area contributed by atoms with Gasteiger partial charge in [0.2, 0.25) is 5.91 Å². The van der Waals surface area contributed by atoms with Crippen molar-refractivity contribution in [1.82, 2.24) is 15.3 Å². The Morgan fingerprint density at radius 3 is 2.68 bits per heavy atom. The number of nitrogens with one attached hydrogen (secondary N) is 2. The van der Waals surface area contributed by atoms with E-state index in [0.717, 1.165) is 27.7 Å². The van der Waals surface area contributed by atoms with Crippen molar-refractivity contribution >= 4 is 51.6 Å². The minimum absolute atomic E-state index is 0.0524. The number of pyridine rings is 1. The second-order valence-electron chi connectivity index (χ2n) is 7.29. The van der Waals surface area contributed by atoms with E-state index in [1.165, 1.54) is 0 Å². The zero-order valence-electron chi connectivity index (χ0n) is 16.5. The van der Waals surface area contributed by atoms with Crippen LogP contribution in [0, 0.1) is 0 Å². The molecule has 1 amide bonds. The summed E-state index contributed by atoms with van der Waals surface area (Å²) in [6.45, 7) is 0.518. The molecule has 0 unspecified atom stereocenters. The zero-order valence-corrected chi connectivity index (χ0v) is 18.8. The van der Waals surface area contributed by atoms with E-state index < -0.39 is 0 Å². The van der Waals surface area contributed by atoms with Gasteiger partial charge in [0.25, 0.3) is 0 Å². The summed E-state index contributed by atoms with van der Waals surface area (Å²) in [4.78, 5) is 20.4. The van der Waals surface area contributed by atoms with Gasteiger partial charge in [-0.2, -0.15) is 0 Å². The lowest BCUT2D eigenvalue weighted by atomic mass is 9.88. The van der Waals surface area contributed by atoms with Gasteiger partial charge in [-0.1, -0.05) is 46.9 Å². The molecule has 31 heavy (non-hydrogen) atoms. The van der Waals surface area contributed by atoms with Crippen LogP contribution >= 0.6 is 34.8 Å². The molecule has 0 saturated carbocycles. The molecule has 0 bridgehead atoms. The maximum atomic E-state index is 12.8. The highest BCUT2D eigenvalue weighted by atomic mass is 35.5. The van der Waals surface area contributed by atoms with Gasteiger partial charge in [0.15, 0.2) is 0 Å². The van der Waals surface area contributed by atoms with Crippen LogP contribution in [0.3, 0.4) is 0 Å². The van der Waals surface area contributed by atoms with Crippen molar-refractivity contribution < 1.29 is 4.79 Å². The molecule has 0 spiro atoms.